The number of imide groups is 1. The van der Waals surface area contributed by atoms with E-state index >= 15 is 0 Å². The summed E-state index contributed by atoms with van der Waals surface area (Å²) >= 11 is 0. The summed E-state index contributed by atoms with van der Waals surface area (Å²) in [5.41, 5.74) is 0. The molecular formula is C10H13NO7. The van der Waals surface area contributed by atoms with Crippen LogP contribution in [0.1, 0.15) is 0 Å². The lowest BCUT2D eigenvalue weighted by Crippen LogP contribution is -2.64. The molecule has 0 aromatic rings. The summed E-state index contributed by atoms with van der Waals surface area (Å²) in [5, 5.41) is 37.8. The fraction of sp³-hybridized carbons (Fsp3) is 0.600. The van der Waals surface area contributed by atoms with Crippen LogP contribution in [-0.2, 0) is 14.3 Å². The molecule has 0 saturated carbocycles. The van der Waals surface area contributed by atoms with Gasteiger partial charge in [0.15, 0.2) is 6.23 Å². The van der Waals surface area contributed by atoms with Gasteiger partial charge in [-0.1, -0.05) is 0 Å². The molecule has 4 N–H and O–H groups in total. The standard InChI is InChI=1S/C10H13NO7/c12-3-4-7(15)8(16)9(17)10(18-4)11-5(13)1-2-6(11)14/h1-2,4,7-10,12,15-17H,3H2/t4-,7-,8+,9-,10-/m1/s1. The predicted molar refractivity (Wildman–Crippen MR) is 54.8 cm³/mol. The number of aliphatic hydroxyl groups excluding tert-OH is 4. The molecule has 8 nitrogen and oxygen atoms in total. The number of nitrogens with zero attached hydrogens (tertiary/aromatic N) is 1. The van der Waals surface area contributed by atoms with Gasteiger partial charge in [-0.15, -0.1) is 0 Å². The van der Waals surface area contributed by atoms with E-state index in [2.05, 4.69) is 0 Å². The Labute approximate surface area is 102 Å². The summed E-state index contributed by atoms with van der Waals surface area (Å²) in [4.78, 5) is 23.5. The van der Waals surface area contributed by atoms with Gasteiger partial charge in [-0.3, -0.25) is 9.59 Å². The molecule has 100 valence electrons. The topological polar surface area (TPSA) is 128 Å². The molecule has 0 aromatic heterocycles. The zero-order chi connectivity index (χ0) is 13.4. The summed E-state index contributed by atoms with van der Waals surface area (Å²) < 4.78 is 5.09. The molecule has 5 atom stereocenters. The first kappa shape index (κ1) is 13.1. The van der Waals surface area contributed by atoms with Crippen molar-refractivity contribution in [2.75, 3.05) is 6.61 Å². The average Bonchev–Trinajstić information content (AvgIpc) is 2.67. The third kappa shape index (κ3) is 1.93. The Morgan fingerprint density at radius 3 is 2.11 bits per heavy atom. The highest BCUT2D eigenvalue weighted by atomic mass is 16.6. The number of carbonyl (C=O) groups excluding carboxylic acids is 2. The Morgan fingerprint density at radius 1 is 1.06 bits per heavy atom. The van der Waals surface area contributed by atoms with Crippen LogP contribution in [0.25, 0.3) is 0 Å². The molecule has 1 saturated heterocycles. The van der Waals surface area contributed by atoms with Crippen molar-refractivity contribution in [3.05, 3.63) is 12.2 Å². The Morgan fingerprint density at radius 2 is 1.61 bits per heavy atom. The Kier molecular flexibility index (Phi) is 3.46. The molecule has 8 heteroatoms. The lowest BCUT2D eigenvalue weighted by atomic mass is 9.98. The van der Waals surface area contributed by atoms with Crippen molar-refractivity contribution in [1.29, 1.82) is 0 Å². The molecular weight excluding hydrogens is 246 g/mol. The average molecular weight is 259 g/mol. The molecule has 2 aliphatic rings. The number of aliphatic hydroxyl groups is 4. The molecule has 0 bridgehead atoms. The van der Waals surface area contributed by atoms with Crippen molar-refractivity contribution < 1.29 is 34.8 Å². The van der Waals surface area contributed by atoms with Crippen molar-refractivity contribution in [2.24, 2.45) is 0 Å². The number of rotatable bonds is 2. The normalized spacial score (nSPS) is 40.7. The van der Waals surface area contributed by atoms with Crippen LogP contribution < -0.4 is 0 Å². The molecule has 18 heavy (non-hydrogen) atoms. The smallest absolute Gasteiger partial charge is 0.255 e. The van der Waals surface area contributed by atoms with Crippen LogP contribution in [-0.4, -0.2) is 74.4 Å². The van der Waals surface area contributed by atoms with E-state index in [1.807, 2.05) is 0 Å². The molecule has 2 aliphatic heterocycles. The molecule has 0 spiro atoms. The quantitative estimate of drug-likeness (QED) is 0.383. The van der Waals surface area contributed by atoms with Gasteiger partial charge < -0.3 is 25.2 Å². The highest BCUT2D eigenvalue weighted by molar-refractivity contribution is 6.13. The van der Waals surface area contributed by atoms with Crippen molar-refractivity contribution in [2.45, 2.75) is 30.6 Å². The van der Waals surface area contributed by atoms with Crippen LogP contribution in [0.4, 0.5) is 0 Å². The van der Waals surface area contributed by atoms with E-state index in [1.54, 1.807) is 0 Å². The minimum absolute atomic E-state index is 0.620. The Bertz CT molecular complexity index is 376. The molecule has 0 aromatic carbocycles. The number of hydrogen-bond donors (Lipinski definition) is 4. The Hall–Kier alpha value is -1.32. The number of carbonyl (C=O) groups is 2. The van der Waals surface area contributed by atoms with Gasteiger partial charge in [-0.25, -0.2) is 4.90 Å². The molecule has 1 fully saturated rings. The highest BCUT2D eigenvalue weighted by Gasteiger charge is 2.48. The maximum absolute atomic E-state index is 11.4. The van der Waals surface area contributed by atoms with Gasteiger partial charge >= 0.3 is 0 Å². The summed E-state index contributed by atoms with van der Waals surface area (Å²) in [6, 6.07) is 0. The number of ether oxygens (including phenoxy) is 1. The van der Waals surface area contributed by atoms with Crippen LogP contribution in [0.5, 0.6) is 0 Å². The second-order valence-electron chi connectivity index (χ2n) is 4.10. The van der Waals surface area contributed by atoms with Gasteiger partial charge in [-0.05, 0) is 0 Å². The van der Waals surface area contributed by atoms with E-state index in [9.17, 15) is 24.9 Å². The van der Waals surface area contributed by atoms with E-state index in [0.29, 0.717) is 4.90 Å². The fourth-order valence-electron chi connectivity index (χ4n) is 1.96. The van der Waals surface area contributed by atoms with Crippen LogP contribution in [0, 0.1) is 0 Å². The lowest BCUT2D eigenvalue weighted by molar-refractivity contribution is -0.257. The first-order valence-electron chi connectivity index (χ1n) is 5.33. The van der Waals surface area contributed by atoms with Gasteiger partial charge in [0.05, 0.1) is 6.61 Å². The van der Waals surface area contributed by atoms with Crippen molar-refractivity contribution in [3.63, 3.8) is 0 Å². The first-order valence-corrected chi connectivity index (χ1v) is 5.33. The second kappa shape index (κ2) is 4.75. The number of amides is 2. The first-order chi connectivity index (χ1) is 8.47. The predicted octanol–water partition coefficient (Wildman–Crippen LogP) is -3.29. The third-order valence-electron chi connectivity index (χ3n) is 2.96. The number of hydrogen-bond acceptors (Lipinski definition) is 7. The molecule has 0 radical (unpaired) electrons. The minimum atomic E-state index is -1.64. The van der Waals surface area contributed by atoms with Gasteiger partial charge in [0.1, 0.15) is 24.4 Å². The van der Waals surface area contributed by atoms with Crippen molar-refractivity contribution in [1.82, 2.24) is 4.90 Å². The van der Waals surface area contributed by atoms with Gasteiger partial charge in [-0.2, -0.15) is 0 Å². The van der Waals surface area contributed by atoms with Gasteiger partial charge in [0.25, 0.3) is 11.8 Å². The molecule has 2 amide bonds. The largest absolute Gasteiger partial charge is 0.394 e. The van der Waals surface area contributed by atoms with Gasteiger partial charge in [0, 0.05) is 12.2 Å². The van der Waals surface area contributed by atoms with Crippen molar-refractivity contribution in [3.8, 4) is 0 Å². The fourth-order valence-corrected chi connectivity index (χ4v) is 1.96. The van der Waals surface area contributed by atoms with E-state index in [1.165, 1.54) is 0 Å². The monoisotopic (exact) mass is 259 g/mol. The van der Waals surface area contributed by atoms with Crippen LogP contribution in [0.2, 0.25) is 0 Å². The molecule has 0 unspecified atom stereocenters. The van der Waals surface area contributed by atoms with Crippen LogP contribution in [0.15, 0.2) is 12.2 Å². The maximum Gasteiger partial charge on any atom is 0.255 e. The molecule has 2 heterocycles. The van der Waals surface area contributed by atoms with Crippen molar-refractivity contribution >= 4 is 11.8 Å². The van der Waals surface area contributed by atoms with E-state index in [-0.39, 0.29) is 0 Å². The third-order valence-corrected chi connectivity index (χ3v) is 2.96. The minimum Gasteiger partial charge on any atom is -0.394 e. The molecule has 0 aliphatic carbocycles. The van der Waals surface area contributed by atoms with E-state index < -0.39 is 49.1 Å². The summed E-state index contributed by atoms with van der Waals surface area (Å²) in [5.74, 6) is -1.38. The zero-order valence-electron chi connectivity index (χ0n) is 9.21. The van der Waals surface area contributed by atoms with E-state index in [4.69, 9.17) is 9.84 Å². The summed E-state index contributed by atoms with van der Waals surface area (Å²) in [6.07, 6.45) is -5.38. The highest BCUT2D eigenvalue weighted by Crippen LogP contribution is 2.25. The van der Waals surface area contributed by atoms with E-state index in [0.717, 1.165) is 12.2 Å². The zero-order valence-corrected chi connectivity index (χ0v) is 9.21. The molecule has 2 rings (SSSR count). The Balaban J connectivity index is 2.22. The second-order valence-corrected chi connectivity index (χ2v) is 4.10. The van der Waals surface area contributed by atoms with Crippen LogP contribution in [0.3, 0.4) is 0 Å². The summed E-state index contributed by atoms with van der Waals surface area (Å²) in [6.45, 7) is -0.620. The SMILES string of the molecule is O=C1C=CC(=O)N1[C@@H]1O[C@H](CO)[C@@H](O)[C@H](O)[C@H]1O. The van der Waals surface area contributed by atoms with Gasteiger partial charge in [0.2, 0.25) is 0 Å². The lowest BCUT2D eigenvalue weighted by Gasteiger charge is -2.42. The summed E-state index contributed by atoms with van der Waals surface area (Å²) in [7, 11) is 0. The van der Waals surface area contributed by atoms with Crippen LogP contribution >= 0.6 is 0 Å². The maximum atomic E-state index is 11.4.